The van der Waals surface area contributed by atoms with Crippen LogP contribution in [0.3, 0.4) is 0 Å². The van der Waals surface area contributed by atoms with E-state index in [4.69, 9.17) is 0 Å². The molecule has 146 valence electrons. The van der Waals surface area contributed by atoms with Gasteiger partial charge < -0.3 is 10.6 Å². The summed E-state index contributed by atoms with van der Waals surface area (Å²) in [6.07, 6.45) is 0.233. The van der Waals surface area contributed by atoms with Crippen molar-refractivity contribution in [3.05, 3.63) is 47.2 Å². The zero-order valence-electron chi connectivity index (χ0n) is 14.4. The molecular formula is C18H19F5N4. The summed E-state index contributed by atoms with van der Waals surface area (Å²) in [6, 6.07) is 4.13. The van der Waals surface area contributed by atoms with E-state index in [0.717, 1.165) is 50.3 Å². The molecular weight excluding hydrogens is 367 g/mol. The normalized spacial score (nSPS) is 15.6. The zero-order valence-corrected chi connectivity index (χ0v) is 14.4. The van der Waals surface area contributed by atoms with Gasteiger partial charge in [-0.1, -0.05) is 25.3 Å². The molecule has 4 nitrogen and oxygen atoms in total. The number of alkyl halides is 3. The first-order valence-electron chi connectivity index (χ1n) is 8.72. The Morgan fingerprint density at radius 3 is 2.37 bits per heavy atom. The molecule has 0 bridgehead atoms. The maximum absolute atomic E-state index is 13.3. The third-order valence-electron chi connectivity index (χ3n) is 4.41. The molecule has 0 unspecified atom stereocenters. The highest BCUT2D eigenvalue weighted by Crippen LogP contribution is 2.30. The fraction of sp³-hybridized carbons (Fsp3) is 0.444. The molecule has 0 aliphatic heterocycles. The number of nitrogens with zero attached hydrogens (tertiary/aromatic N) is 2. The van der Waals surface area contributed by atoms with Crippen molar-refractivity contribution in [3.63, 3.8) is 0 Å². The molecule has 9 heteroatoms. The van der Waals surface area contributed by atoms with E-state index >= 15 is 0 Å². The largest absolute Gasteiger partial charge is 0.433 e. The van der Waals surface area contributed by atoms with Gasteiger partial charge in [-0.15, -0.1) is 0 Å². The number of rotatable bonds is 5. The van der Waals surface area contributed by atoms with Crippen LogP contribution >= 0.6 is 0 Å². The third kappa shape index (κ3) is 5.27. The van der Waals surface area contributed by atoms with Gasteiger partial charge in [0.05, 0.1) is 0 Å². The van der Waals surface area contributed by atoms with Crippen molar-refractivity contribution < 1.29 is 22.0 Å². The molecule has 1 aromatic carbocycles. The fourth-order valence-corrected chi connectivity index (χ4v) is 3.02. The number of nitrogens with one attached hydrogen (secondary N) is 2. The van der Waals surface area contributed by atoms with Gasteiger partial charge in [-0.3, -0.25) is 0 Å². The van der Waals surface area contributed by atoms with Crippen LogP contribution in [0, 0.1) is 11.6 Å². The lowest BCUT2D eigenvalue weighted by Gasteiger charge is -2.23. The van der Waals surface area contributed by atoms with Crippen LogP contribution in [0.5, 0.6) is 0 Å². The number of hydrogen-bond acceptors (Lipinski definition) is 4. The average Bonchev–Trinajstić information content (AvgIpc) is 2.63. The van der Waals surface area contributed by atoms with Crippen molar-refractivity contribution in [1.29, 1.82) is 0 Å². The molecule has 0 atom stereocenters. The van der Waals surface area contributed by atoms with E-state index in [0.29, 0.717) is 5.56 Å². The van der Waals surface area contributed by atoms with Gasteiger partial charge in [0.1, 0.15) is 5.82 Å². The summed E-state index contributed by atoms with van der Waals surface area (Å²) >= 11 is 0. The number of benzene rings is 1. The van der Waals surface area contributed by atoms with E-state index in [2.05, 4.69) is 20.6 Å². The molecule has 1 saturated carbocycles. The minimum absolute atomic E-state index is 0.00558. The van der Waals surface area contributed by atoms with Gasteiger partial charge in [0, 0.05) is 18.7 Å². The van der Waals surface area contributed by atoms with Crippen molar-refractivity contribution in [1.82, 2.24) is 9.97 Å². The van der Waals surface area contributed by atoms with E-state index < -0.39 is 23.5 Å². The Kier molecular flexibility index (Phi) is 5.76. The summed E-state index contributed by atoms with van der Waals surface area (Å²) in [4.78, 5) is 7.68. The lowest BCUT2D eigenvalue weighted by molar-refractivity contribution is -0.141. The smallest absolute Gasteiger partial charge is 0.366 e. The van der Waals surface area contributed by atoms with Crippen molar-refractivity contribution in [2.45, 2.75) is 50.9 Å². The lowest BCUT2D eigenvalue weighted by Crippen LogP contribution is -2.24. The first kappa shape index (κ1) is 19.3. The Bertz CT molecular complexity index is 788. The highest BCUT2D eigenvalue weighted by Gasteiger charge is 2.34. The van der Waals surface area contributed by atoms with E-state index in [9.17, 15) is 22.0 Å². The molecule has 1 aliphatic carbocycles. The Hall–Kier alpha value is -2.45. The van der Waals surface area contributed by atoms with Gasteiger partial charge in [0.25, 0.3) is 0 Å². The molecule has 2 N–H and O–H groups in total. The van der Waals surface area contributed by atoms with Gasteiger partial charge in [-0.05, 0) is 30.5 Å². The van der Waals surface area contributed by atoms with Gasteiger partial charge in [-0.25, -0.2) is 13.8 Å². The fourth-order valence-electron chi connectivity index (χ4n) is 3.02. The maximum Gasteiger partial charge on any atom is 0.433 e. The second-order valence-corrected chi connectivity index (χ2v) is 6.54. The van der Waals surface area contributed by atoms with Crippen LogP contribution < -0.4 is 10.6 Å². The number of anilines is 2. The third-order valence-corrected chi connectivity index (χ3v) is 4.41. The summed E-state index contributed by atoms with van der Waals surface area (Å²) in [7, 11) is 0. The predicted molar refractivity (Wildman–Crippen MR) is 91.2 cm³/mol. The minimum Gasteiger partial charge on any atom is -0.366 e. The summed E-state index contributed by atoms with van der Waals surface area (Å²) in [6.45, 7) is -0.00558. The molecule has 1 aliphatic rings. The second-order valence-electron chi connectivity index (χ2n) is 6.54. The quantitative estimate of drug-likeness (QED) is 0.700. The van der Waals surface area contributed by atoms with Gasteiger partial charge in [0.2, 0.25) is 5.95 Å². The highest BCUT2D eigenvalue weighted by molar-refractivity contribution is 5.44. The average molecular weight is 386 g/mol. The molecule has 2 aromatic rings. The van der Waals surface area contributed by atoms with Crippen molar-refractivity contribution in [2.75, 3.05) is 10.6 Å². The zero-order chi connectivity index (χ0) is 19.4. The standard InChI is InChI=1S/C18H19F5N4/c19-13-7-6-11(8-14(13)20)10-24-16-9-15(18(21,22)23)26-17(27-16)25-12-4-2-1-3-5-12/h6-9,12H,1-5,10H2,(H2,24,25,26,27). The van der Waals surface area contributed by atoms with Crippen LogP contribution in [-0.4, -0.2) is 16.0 Å². The molecule has 3 rings (SSSR count). The Labute approximate surface area is 153 Å². The van der Waals surface area contributed by atoms with Gasteiger partial charge in [-0.2, -0.15) is 18.2 Å². The first-order valence-corrected chi connectivity index (χ1v) is 8.72. The number of halogens is 5. The molecule has 1 heterocycles. The van der Waals surface area contributed by atoms with Crippen LogP contribution in [0.1, 0.15) is 43.4 Å². The van der Waals surface area contributed by atoms with Crippen molar-refractivity contribution >= 4 is 11.8 Å². The molecule has 0 amide bonds. The Morgan fingerprint density at radius 2 is 1.70 bits per heavy atom. The molecule has 0 saturated heterocycles. The summed E-state index contributed by atoms with van der Waals surface area (Å²) < 4.78 is 65.7. The van der Waals surface area contributed by atoms with Crippen LogP contribution in [0.15, 0.2) is 24.3 Å². The molecule has 0 spiro atoms. The molecule has 27 heavy (non-hydrogen) atoms. The van der Waals surface area contributed by atoms with E-state index in [1.54, 1.807) is 0 Å². The Balaban J connectivity index is 1.77. The van der Waals surface area contributed by atoms with Crippen LogP contribution in [0.4, 0.5) is 33.7 Å². The summed E-state index contributed by atoms with van der Waals surface area (Å²) in [5, 5.41) is 5.69. The second kappa shape index (κ2) is 8.06. The highest BCUT2D eigenvalue weighted by atomic mass is 19.4. The van der Waals surface area contributed by atoms with Crippen molar-refractivity contribution in [3.8, 4) is 0 Å². The van der Waals surface area contributed by atoms with Crippen LogP contribution in [-0.2, 0) is 12.7 Å². The number of hydrogen-bond donors (Lipinski definition) is 2. The molecule has 0 radical (unpaired) electrons. The van der Waals surface area contributed by atoms with Gasteiger partial charge in [0.15, 0.2) is 17.3 Å². The van der Waals surface area contributed by atoms with Crippen LogP contribution in [0.2, 0.25) is 0 Å². The topological polar surface area (TPSA) is 49.8 Å². The first-order chi connectivity index (χ1) is 12.8. The SMILES string of the molecule is Fc1ccc(CNc2cc(C(F)(F)F)nc(NC3CCCCC3)n2)cc1F. The maximum atomic E-state index is 13.3. The van der Waals surface area contributed by atoms with E-state index in [1.165, 1.54) is 6.07 Å². The minimum atomic E-state index is -4.62. The summed E-state index contributed by atoms with van der Waals surface area (Å²) in [5.41, 5.74) is -0.688. The number of aromatic nitrogens is 2. The summed E-state index contributed by atoms with van der Waals surface area (Å²) in [5.74, 6) is -2.14. The van der Waals surface area contributed by atoms with Gasteiger partial charge >= 0.3 is 6.18 Å². The molecule has 1 aromatic heterocycles. The predicted octanol–water partition coefficient (Wildman–Crippen LogP) is 5.13. The van der Waals surface area contributed by atoms with E-state index in [-0.39, 0.29) is 24.4 Å². The van der Waals surface area contributed by atoms with E-state index in [1.807, 2.05) is 0 Å². The molecule has 1 fully saturated rings. The Morgan fingerprint density at radius 1 is 0.963 bits per heavy atom. The monoisotopic (exact) mass is 386 g/mol. The van der Waals surface area contributed by atoms with Crippen LogP contribution in [0.25, 0.3) is 0 Å². The van der Waals surface area contributed by atoms with Crippen molar-refractivity contribution in [2.24, 2.45) is 0 Å². The lowest BCUT2D eigenvalue weighted by atomic mass is 9.96.